The Labute approximate surface area is 200 Å². The van der Waals surface area contributed by atoms with Crippen LogP contribution in [0.3, 0.4) is 0 Å². The van der Waals surface area contributed by atoms with E-state index in [1.165, 1.54) is 28.9 Å². The highest BCUT2D eigenvalue weighted by atomic mass is 32.2. The third kappa shape index (κ3) is 4.28. The summed E-state index contributed by atoms with van der Waals surface area (Å²) in [5.74, 6) is -1.58. The summed E-state index contributed by atoms with van der Waals surface area (Å²) >= 11 is 0. The number of hydrogen-bond donors (Lipinski definition) is 1. The van der Waals surface area contributed by atoms with Crippen LogP contribution in [-0.4, -0.2) is 41.5 Å². The number of fused-ring (bicyclic) bond motifs is 1. The number of benzene rings is 2. The summed E-state index contributed by atoms with van der Waals surface area (Å²) in [7, 11) is -3.39. The Kier molecular flexibility index (Phi) is 5.39. The molecule has 1 saturated heterocycles. The topological polar surface area (TPSA) is 145 Å². The second kappa shape index (κ2) is 8.31. The van der Waals surface area contributed by atoms with Crippen molar-refractivity contribution in [1.29, 1.82) is 0 Å². The van der Waals surface area contributed by atoms with Crippen LogP contribution in [-0.2, 0) is 30.9 Å². The van der Waals surface area contributed by atoms with Crippen LogP contribution in [0.5, 0.6) is 0 Å². The van der Waals surface area contributed by atoms with Crippen molar-refractivity contribution in [3.05, 3.63) is 75.5 Å². The zero-order valence-electron chi connectivity index (χ0n) is 18.7. The maximum atomic E-state index is 13.2. The molecule has 3 heterocycles. The number of nitrogens with zero attached hydrogens (tertiary/aromatic N) is 4. The SMILES string of the molecule is Cc1ccc(N2CC(C(=O)Nc3c4c(nn3-c3ccc([N+](=O)[O-])cc3)CS(=O)(=O)C4)CC2=O)cc1. The third-order valence-corrected chi connectivity index (χ3v) is 7.62. The largest absolute Gasteiger partial charge is 0.312 e. The number of nitrogens with one attached hydrogen (secondary N) is 1. The lowest BCUT2D eigenvalue weighted by molar-refractivity contribution is -0.384. The summed E-state index contributed by atoms with van der Waals surface area (Å²) in [5, 5.41) is 18.2. The molecule has 2 aliphatic rings. The van der Waals surface area contributed by atoms with Gasteiger partial charge in [0.05, 0.1) is 33.7 Å². The standard InChI is InChI=1S/C23H21N5O6S/c1-14-2-4-16(5-3-14)26-11-15(10-21(26)29)23(30)24-22-19-12-35(33,34)13-20(19)25-27(22)17-6-8-18(9-7-17)28(31)32/h2-9,15H,10-13H2,1H3,(H,24,30). The van der Waals surface area contributed by atoms with Gasteiger partial charge in [0.2, 0.25) is 11.8 Å². The van der Waals surface area contributed by atoms with E-state index in [1.807, 2.05) is 31.2 Å². The molecule has 0 bridgehead atoms. The lowest BCUT2D eigenvalue weighted by Crippen LogP contribution is -2.29. The number of amides is 2. The first-order valence-electron chi connectivity index (χ1n) is 10.9. The van der Waals surface area contributed by atoms with Crippen molar-refractivity contribution < 1.29 is 22.9 Å². The summed E-state index contributed by atoms with van der Waals surface area (Å²) in [6.07, 6.45) is 0.0197. The molecule has 0 aliphatic carbocycles. The number of aromatic nitrogens is 2. The molecule has 3 aromatic rings. The molecule has 2 aliphatic heterocycles. The summed E-state index contributed by atoms with van der Waals surface area (Å²) in [4.78, 5) is 37.9. The Balaban J connectivity index is 1.43. The fraction of sp³-hybridized carbons (Fsp3) is 0.261. The van der Waals surface area contributed by atoms with Gasteiger partial charge in [-0.3, -0.25) is 19.7 Å². The van der Waals surface area contributed by atoms with Crippen molar-refractivity contribution in [2.24, 2.45) is 5.92 Å². The van der Waals surface area contributed by atoms with E-state index in [-0.39, 0.29) is 41.9 Å². The highest BCUT2D eigenvalue weighted by Gasteiger charge is 2.38. The van der Waals surface area contributed by atoms with Crippen LogP contribution in [0.25, 0.3) is 5.69 Å². The Morgan fingerprint density at radius 1 is 1.09 bits per heavy atom. The molecule has 12 heteroatoms. The zero-order chi connectivity index (χ0) is 24.9. The quantitative estimate of drug-likeness (QED) is 0.423. The van der Waals surface area contributed by atoms with Crippen LogP contribution in [0.4, 0.5) is 17.2 Å². The predicted molar refractivity (Wildman–Crippen MR) is 127 cm³/mol. The van der Waals surface area contributed by atoms with E-state index < -0.39 is 26.6 Å². The molecule has 1 unspecified atom stereocenters. The average molecular weight is 496 g/mol. The van der Waals surface area contributed by atoms with Crippen molar-refractivity contribution in [2.75, 3.05) is 16.8 Å². The van der Waals surface area contributed by atoms with Gasteiger partial charge in [-0.15, -0.1) is 0 Å². The third-order valence-electron chi connectivity index (χ3n) is 6.18. The number of carbonyl (C=O) groups is 2. The van der Waals surface area contributed by atoms with Crippen LogP contribution >= 0.6 is 0 Å². The summed E-state index contributed by atoms with van der Waals surface area (Å²) < 4.78 is 25.8. The van der Waals surface area contributed by atoms with E-state index >= 15 is 0 Å². The minimum absolute atomic E-state index is 0.0197. The first-order valence-corrected chi connectivity index (χ1v) is 12.7. The van der Waals surface area contributed by atoms with Crippen LogP contribution in [0.15, 0.2) is 48.5 Å². The highest BCUT2D eigenvalue weighted by Crippen LogP contribution is 2.34. The normalized spacial score (nSPS) is 18.5. The molecule has 1 atom stereocenters. The predicted octanol–water partition coefficient (Wildman–Crippen LogP) is 2.51. The van der Waals surface area contributed by atoms with Gasteiger partial charge in [-0.05, 0) is 31.2 Å². The van der Waals surface area contributed by atoms with Gasteiger partial charge in [0.1, 0.15) is 5.82 Å². The maximum absolute atomic E-state index is 13.2. The van der Waals surface area contributed by atoms with Crippen LogP contribution < -0.4 is 10.2 Å². The summed E-state index contributed by atoms with van der Waals surface area (Å²) in [6.45, 7) is 2.14. The Bertz CT molecular complexity index is 1460. The molecule has 1 fully saturated rings. The van der Waals surface area contributed by atoms with E-state index in [1.54, 1.807) is 4.90 Å². The number of nitro benzene ring substituents is 1. The molecule has 0 spiro atoms. The highest BCUT2D eigenvalue weighted by molar-refractivity contribution is 7.90. The van der Waals surface area contributed by atoms with Crippen molar-refractivity contribution >= 4 is 38.8 Å². The zero-order valence-corrected chi connectivity index (χ0v) is 19.5. The van der Waals surface area contributed by atoms with Crippen LogP contribution in [0.1, 0.15) is 23.2 Å². The summed E-state index contributed by atoms with van der Waals surface area (Å²) in [6, 6.07) is 13.0. The fourth-order valence-corrected chi connectivity index (χ4v) is 5.84. The number of carbonyl (C=O) groups excluding carboxylic acids is 2. The minimum Gasteiger partial charge on any atom is -0.312 e. The molecule has 1 N–H and O–H groups in total. The lowest BCUT2D eigenvalue weighted by atomic mass is 10.1. The summed E-state index contributed by atoms with van der Waals surface area (Å²) in [5.41, 5.74) is 2.79. The Morgan fingerprint density at radius 2 is 1.74 bits per heavy atom. The molecule has 180 valence electrons. The van der Waals surface area contributed by atoms with Gasteiger partial charge in [-0.25, -0.2) is 13.1 Å². The van der Waals surface area contributed by atoms with Gasteiger partial charge in [0.15, 0.2) is 9.84 Å². The van der Waals surface area contributed by atoms with Gasteiger partial charge in [-0.2, -0.15) is 5.10 Å². The van der Waals surface area contributed by atoms with Crippen molar-refractivity contribution in [1.82, 2.24) is 9.78 Å². The van der Waals surface area contributed by atoms with Crippen molar-refractivity contribution in [2.45, 2.75) is 24.9 Å². The number of anilines is 2. The van der Waals surface area contributed by atoms with Gasteiger partial charge >= 0.3 is 0 Å². The Morgan fingerprint density at radius 3 is 2.40 bits per heavy atom. The monoisotopic (exact) mass is 495 g/mol. The Hall–Kier alpha value is -4.06. The van der Waals surface area contributed by atoms with E-state index in [2.05, 4.69) is 10.4 Å². The number of nitro groups is 1. The lowest BCUT2D eigenvalue weighted by Gasteiger charge is -2.17. The number of aryl methyl sites for hydroxylation is 1. The van der Waals surface area contributed by atoms with Crippen LogP contribution in [0, 0.1) is 23.0 Å². The van der Waals surface area contributed by atoms with E-state index in [0.29, 0.717) is 22.6 Å². The molecule has 2 aromatic carbocycles. The van der Waals surface area contributed by atoms with Crippen molar-refractivity contribution in [3.63, 3.8) is 0 Å². The smallest absolute Gasteiger partial charge is 0.269 e. The second-order valence-corrected chi connectivity index (χ2v) is 10.8. The molecule has 11 nitrogen and oxygen atoms in total. The van der Waals surface area contributed by atoms with E-state index in [0.717, 1.165) is 5.56 Å². The average Bonchev–Trinajstić information content (AvgIpc) is 3.44. The first-order chi connectivity index (χ1) is 16.6. The molecular weight excluding hydrogens is 474 g/mol. The number of non-ortho nitro benzene ring substituents is 1. The van der Waals surface area contributed by atoms with Crippen LogP contribution in [0.2, 0.25) is 0 Å². The molecule has 0 radical (unpaired) electrons. The second-order valence-electron chi connectivity index (χ2n) is 8.72. The number of hydrogen-bond acceptors (Lipinski definition) is 7. The van der Waals surface area contributed by atoms with E-state index in [9.17, 15) is 28.1 Å². The van der Waals surface area contributed by atoms with Gasteiger partial charge < -0.3 is 10.2 Å². The first kappa shape index (κ1) is 22.7. The molecule has 2 amide bonds. The molecular formula is C23H21N5O6S. The molecule has 0 saturated carbocycles. The minimum atomic E-state index is -3.39. The van der Waals surface area contributed by atoms with E-state index in [4.69, 9.17) is 0 Å². The fourth-order valence-electron chi connectivity index (χ4n) is 4.35. The van der Waals surface area contributed by atoms with Gasteiger partial charge in [0.25, 0.3) is 5.69 Å². The maximum Gasteiger partial charge on any atom is 0.269 e. The number of sulfone groups is 1. The van der Waals surface area contributed by atoms with Gasteiger partial charge in [-0.1, -0.05) is 17.7 Å². The van der Waals surface area contributed by atoms with Crippen molar-refractivity contribution in [3.8, 4) is 5.69 Å². The molecule has 35 heavy (non-hydrogen) atoms. The van der Waals surface area contributed by atoms with Gasteiger partial charge in [0, 0.05) is 36.3 Å². The number of rotatable bonds is 5. The molecule has 1 aromatic heterocycles. The molecule has 5 rings (SSSR count).